The predicted molar refractivity (Wildman–Crippen MR) is 74.0 cm³/mol. The van der Waals surface area contributed by atoms with Crippen molar-refractivity contribution in [3.8, 4) is 0 Å². The fourth-order valence-electron chi connectivity index (χ4n) is 1.28. The third kappa shape index (κ3) is 3.38. The molecule has 1 N–H and O–H groups in total. The summed E-state index contributed by atoms with van der Waals surface area (Å²) in [6, 6.07) is 10.8. The normalized spacial score (nSPS) is 10.0. The first-order valence-corrected chi connectivity index (χ1v) is 6.42. The molecule has 17 heavy (non-hydrogen) atoms. The first kappa shape index (κ1) is 12.3. The number of rotatable bonds is 2. The van der Waals surface area contributed by atoms with Crippen molar-refractivity contribution in [2.75, 3.05) is 5.32 Å². The van der Waals surface area contributed by atoms with Crippen molar-refractivity contribution >= 4 is 43.5 Å². The largest absolute Gasteiger partial charge is 0.321 e. The molecule has 0 bridgehead atoms. The molecule has 2 rings (SSSR count). The maximum atomic E-state index is 11.9. The van der Waals surface area contributed by atoms with Crippen LogP contribution >= 0.6 is 31.9 Å². The van der Waals surface area contributed by atoms with Crippen molar-refractivity contribution in [1.29, 1.82) is 0 Å². The van der Waals surface area contributed by atoms with Crippen LogP contribution in [-0.4, -0.2) is 10.9 Å². The summed E-state index contributed by atoms with van der Waals surface area (Å²) in [6.45, 7) is 0. The van der Waals surface area contributed by atoms with Gasteiger partial charge >= 0.3 is 0 Å². The van der Waals surface area contributed by atoms with Gasteiger partial charge in [-0.25, -0.2) is 4.98 Å². The average molecular weight is 356 g/mol. The van der Waals surface area contributed by atoms with Crippen LogP contribution in [0.15, 0.2) is 51.7 Å². The Morgan fingerprint density at radius 3 is 2.65 bits per heavy atom. The summed E-state index contributed by atoms with van der Waals surface area (Å²) in [5.74, 6) is -0.157. The standard InChI is InChI=1S/C12H8Br2N2O/c13-9-3-1-2-8(6-9)12(17)16-10-4-5-11(14)15-7-10/h1-7H,(H,16,17). The zero-order valence-electron chi connectivity index (χ0n) is 8.65. The maximum absolute atomic E-state index is 11.9. The summed E-state index contributed by atoms with van der Waals surface area (Å²) in [6.07, 6.45) is 1.60. The van der Waals surface area contributed by atoms with Crippen molar-refractivity contribution in [2.24, 2.45) is 0 Å². The molecule has 0 saturated heterocycles. The quantitative estimate of drug-likeness (QED) is 0.831. The Kier molecular flexibility index (Phi) is 3.91. The Hall–Kier alpha value is -1.20. The van der Waals surface area contributed by atoms with Crippen molar-refractivity contribution in [1.82, 2.24) is 4.98 Å². The first-order valence-electron chi connectivity index (χ1n) is 4.83. The topological polar surface area (TPSA) is 42.0 Å². The molecule has 5 heteroatoms. The molecule has 0 radical (unpaired) electrons. The van der Waals surface area contributed by atoms with Crippen LogP contribution in [0.2, 0.25) is 0 Å². The van der Waals surface area contributed by atoms with Gasteiger partial charge in [0, 0.05) is 10.0 Å². The number of amides is 1. The van der Waals surface area contributed by atoms with Crippen LogP contribution in [0.4, 0.5) is 5.69 Å². The molecule has 86 valence electrons. The van der Waals surface area contributed by atoms with Gasteiger partial charge in [-0.3, -0.25) is 4.79 Å². The van der Waals surface area contributed by atoms with Gasteiger partial charge in [0.25, 0.3) is 5.91 Å². The molecule has 1 aromatic carbocycles. The van der Waals surface area contributed by atoms with Crippen LogP contribution in [0.5, 0.6) is 0 Å². The molecule has 1 aromatic heterocycles. The van der Waals surface area contributed by atoms with Crippen LogP contribution in [0.25, 0.3) is 0 Å². The monoisotopic (exact) mass is 354 g/mol. The van der Waals surface area contributed by atoms with Crippen molar-refractivity contribution in [3.63, 3.8) is 0 Å². The summed E-state index contributed by atoms with van der Waals surface area (Å²) in [5, 5.41) is 2.77. The molecular formula is C12H8Br2N2O. The van der Waals surface area contributed by atoms with Crippen LogP contribution < -0.4 is 5.32 Å². The molecule has 1 heterocycles. The number of hydrogen-bond donors (Lipinski definition) is 1. The molecule has 0 aliphatic rings. The first-order chi connectivity index (χ1) is 8.15. The Morgan fingerprint density at radius 2 is 2.00 bits per heavy atom. The molecule has 1 amide bonds. The lowest BCUT2D eigenvalue weighted by atomic mass is 10.2. The molecule has 0 fully saturated rings. The number of nitrogens with zero attached hydrogens (tertiary/aromatic N) is 1. The molecule has 0 atom stereocenters. The van der Waals surface area contributed by atoms with E-state index in [1.807, 2.05) is 12.1 Å². The number of benzene rings is 1. The van der Waals surface area contributed by atoms with E-state index in [-0.39, 0.29) is 5.91 Å². The van der Waals surface area contributed by atoms with E-state index in [1.54, 1.807) is 30.5 Å². The highest BCUT2D eigenvalue weighted by Crippen LogP contribution is 2.14. The lowest BCUT2D eigenvalue weighted by Gasteiger charge is -2.05. The smallest absolute Gasteiger partial charge is 0.255 e. The van der Waals surface area contributed by atoms with Gasteiger partial charge in [0.1, 0.15) is 4.60 Å². The molecule has 0 unspecified atom stereocenters. The van der Waals surface area contributed by atoms with Gasteiger partial charge in [-0.15, -0.1) is 0 Å². The zero-order chi connectivity index (χ0) is 12.3. The summed E-state index contributed by atoms with van der Waals surface area (Å²) in [5.41, 5.74) is 1.26. The second-order valence-corrected chi connectivity index (χ2v) is 5.06. The van der Waals surface area contributed by atoms with E-state index in [9.17, 15) is 4.79 Å². The van der Waals surface area contributed by atoms with E-state index in [0.717, 1.165) is 9.08 Å². The van der Waals surface area contributed by atoms with Gasteiger partial charge < -0.3 is 5.32 Å². The van der Waals surface area contributed by atoms with Crippen molar-refractivity contribution in [3.05, 3.63) is 57.2 Å². The minimum Gasteiger partial charge on any atom is -0.321 e. The van der Waals surface area contributed by atoms with Gasteiger partial charge in [-0.2, -0.15) is 0 Å². The highest BCUT2D eigenvalue weighted by Gasteiger charge is 2.06. The van der Waals surface area contributed by atoms with Gasteiger partial charge in [-0.1, -0.05) is 22.0 Å². The lowest BCUT2D eigenvalue weighted by molar-refractivity contribution is 0.102. The third-order valence-electron chi connectivity index (χ3n) is 2.07. The van der Waals surface area contributed by atoms with Gasteiger partial charge in [0.2, 0.25) is 0 Å². The zero-order valence-corrected chi connectivity index (χ0v) is 11.8. The number of carbonyl (C=O) groups is 1. The molecule has 2 aromatic rings. The fraction of sp³-hybridized carbons (Fsp3) is 0. The maximum Gasteiger partial charge on any atom is 0.255 e. The molecule has 0 aliphatic heterocycles. The summed E-state index contributed by atoms with van der Waals surface area (Å²) < 4.78 is 1.61. The average Bonchev–Trinajstić information content (AvgIpc) is 2.32. The van der Waals surface area contributed by atoms with Gasteiger partial charge in [-0.05, 0) is 46.3 Å². The van der Waals surface area contributed by atoms with E-state index in [1.165, 1.54) is 0 Å². The number of nitrogens with one attached hydrogen (secondary N) is 1. The second kappa shape index (κ2) is 5.42. The molecular weight excluding hydrogens is 348 g/mol. The minimum absolute atomic E-state index is 0.157. The highest BCUT2D eigenvalue weighted by atomic mass is 79.9. The molecule has 0 saturated carbocycles. The van der Waals surface area contributed by atoms with E-state index in [0.29, 0.717) is 11.3 Å². The number of halogens is 2. The van der Waals surface area contributed by atoms with Crippen LogP contribution in [0, 0.1) is 0 Å². The van der Waals surface area contributed by atoms with Crippen LogP contribution in [0.1, 0.15) is 10.4 Å². The molecule has 0 aliphatic carbocycles. The van der Waals surface area contributed by atoms with Gasteiger partial charge in [0.15, 0.2) is 0 Å². The molecule has 3 nitrogen and oxygen atoms in total. The SMILES string of the molecule is O=C(Nc1ccc(Br)nc1)c1cccc(Br)c1. The van der Waals surface area contributed by atoms with E-state index in [2.05, 4.69) is 42.2 Å². The number of carbonyl (C=O) groups excluding carboxylic acids is 1. The summed E-state index contributed by atoms with van der Waals surface area (Å²) in [4.78, 5) is 15.9. The van der Waals surface area contributed by atoms with Gasteiger partial charge in [0.05, 0.1) is 11.9 Å². The highest BCUT2D eigenvalue weighted by molar-refractivity contribution is 9.10. The predicted octanol–water partition coefficient (Wildman–Crippen LogP) is 3.86. The van der Waals surface area contributed by atoms with E-state index in [4.69, 9.17) is 0 Å². The van der Waals surface area contributed by atoms with E-state index >= 15 is 0 Å². The summed E-state index contributed by atoms with van der Waals surface area (Å²) in [7, 11) is 0. The van der Waals surface area contributed by atoms with Crippen LogP contribution in [-0.2, 0) is 0 Å². The summed E-state index contributed by atoms with van der Waals surface area (Å²) >= 11 is 6.56. The molecule has 0 spiro atoms. The second-order valence-electron chi connectivity index (χ2n) is 3.33. The fourth-order valence-corrected chi connectivity index (χ4v) is 1.92. The Morgan fingerprint density at radius 1 is 1.18 bits per heavy atom. The Balaban J connectivity index is 2.14. The number of aromatic nitrogens is 1. The Labute approximate surface area is 116 Å². The number of pyridine rings is 1. The van der Waals surface area contributed by atoms with Crippen LogP contribution in [0.3, 0.4) is 0 Å². The number of anilines is 1. The van der Waals surface area contributed by atoms with E-state index < -0.39 is 0 Å². The van der Waals surface area contributed by atoms with Crippen molar-refractivity contribution < 1.29 is 4.79 Å². The minimum atomic E-state index is -0.157. The Bertz CT molecular complexity index is 540. The lowest BCUT2D eigenvalue weighted by Crippen LogP contribution is -2.11. The van der Waals surface area contributed by atoms with Crippen molar-refractivity contribution in [2.45, 2.75) is 0 Å². The number of hydrogen-bond acceptors (Lipinski definition) is 2. The third-order valence-corrected chi connectivity index (χ3v) is 3.03.